The monoisotopic (exact) mass is 169 g/mol. The Morgan fingerprint density at radius 3 is 2.75 bits per heavy atom. The summed E-state index contributed by atoms with van der Waals surface area (Å²) in [7, 11) is 0. The molecule has 1 rings (SSSR count). The number of likely N-dealkylation sites (tertiary alicyclic amines) is 1. The van der Waals surface area contributed by atoms with Crippen LogP contribution in [0.3, 0.4) is 0 Å². The van der Waals surface area contributed by atoms with Gasteiger partial charge in [-0.25, -0.2) is 0 Å². The van der Waals surface area contributed by atoms with E-state index in [1.54, 1.807) is 0 Å². The zero-order valence-corrected chi connectivity index (χ0v) is 8.84. The van der Waals surface area contributed by atoms with Crippen LogP contribution in [0.1, 0.15) is 40.0 Å². The fraction of sp³-hybridized carbons (Fsp3) is 1.00. The van der Waals surface area contributed by atoms with Crippen molar-refractivity contribution < 1.29 is 0 Å². The van der Waals surface area contributed by atoms with Gasteiger partial charge in [-0.1, -0.05) is 27.2 Å². The van der Waals surface area contributed by atoms with Gasteiger partial charge >= 0.3 is 0 Å². The first-order valence-corrected chi connectivity index (χ1v) is 5.44. The van der Waals surface area contributed by atoms with E-state index in [0.717, 1.165) is 11.8 Å². The zero-order chi connectivity index (χ0) is 8.97. The highest BCUT2D eigenvalue weighted by molar-refractivity contribution is 4.72. The van der Waals surface area contributed by atoms with Crippen molar-refractivity contribution in [2.45, 2.75) is 40.0 Å². The van der Waals surface area contributed by atoms with Crippen LogP contribution in [-0.2, 0) is 0 Å². The number of hydrogen-bond acceptors (Lipinski definition) is 1. The topological polar surface area (TPSA) is 3.24 Å². The van der Waals surface area contributed by atoms with Crippen molar-refractivity contribution >= 4 is 0 Å². The molecule has 1 nitrogen and oxygen atoms in total. The Labute approximate surface area is 77.1 Å². The third-order valence-electron chi connectivity index (χ3n) is 3.14. The maximum Gasteiger partial charge on any atom is 0.000750 e. The van der Waals surface area contributed by atoms with E-state index in [2.05, 4.69) is 25.7 Å². The Kier molecular flexibility index (Phi) is 4.07. The summed E-state index contributed by atoms with van der Waals surface area (Å²) in [6.07, 6.45) is 4.15. The molecule has 0 aliphatic carbocycles. The number of nitrogens with zero attached hydrogens (tertiary/aromatic N) is 1. The molecule has 1 aliphatic heterocycles. The highest BCUT2D eigenvalue weighted by atomic mass is 15.1. The standard InChI is InChI=1S/C11H23N/c1-4-10(2)5-7-12-8-6-11(3)9-12/h10-11H,4-9H2,1-3H3. The minimum atomic E-state index is 0.918. The quantitative estimate of drug-likeness (QED) is 0.625. The van der Waals surface area contributed by atoms with Crippen LogP contribution in [0, 0.1) is 11.8 Å². The van der Waals surface area contributed by atoms with Crippen molar-refractivity contribution in [3.8, 4) is 0 Å². The van der Waals surface area contributed by atoms with Gasteiger partial charge < -0.3 is 4.90 Å². The minimum absolute atomic E-state index is 0.918. The number of hydrogen-bond donors (Lipinski definition) is 0. The van der Waals surface area contributed by atoms with Crippen LogP contribution < -0.4 is 0 Å². The summed E-state index contributed by atoms with van der Waals surface area (Å²) in [5, 5.41) is 0. The third-order valence-corrected chi connectivity index (χ3v) is 3.14. The molecule has 0 N–H and O–H groups in total. The average Bonchev–Trinajstić information content (AvgIpc) is 2.47. The highest BCUT2D eigenvalue weighted by Crippen LogP contribution is 2.16. The van der Waals surface area contributed by atoms with Gasteiger partial charge in [0.1, 0.15) is 0 Å². The molecule has 72 valence electrons. The van der Waals surface area contributed by atoms with Crippen LogP contribution in [0.15, 0.2) is 0 Å². The molecule has 2 unspecified atom stereocenters. The lowest BCUT2D eigenvalue weighted by Crippen LogP contribution is -2.22. The predicted octanol–water partition coefficient (Wildman–Crippen LogP) is 2.76. The van der Waals surface area contributed by atoms with Crippen LogP contribution in [0.25, 0.3) is 0 Å². The summed E-state index contributed by atoms with van der Waals surface area (Å²) < 4.78 is 0. The molecule has 1 saturated heterocycles. The van der Waals surface area contributed by atoms with E-state index in [0.29, 0.717) is 0 Å². The first kappa shape index (κ1) is 10.0. The molecule has 0 spiro atoms. The molecule has 1 aliphatic rings. The molecule has 2 atom stereocenters. The van der Waals surface area contributed by atoms with Crippen LogP contribution >= 0.6 is 0 Å². The van der Waals surface area contributed by atoms with Crippen molar-refractivity contribution in [3.05, 3.63) is 0 Å². The zero-order valence-electron chi connectivity index (χ0n) is 8.84. The minimum Gasteiger partial charge on any atom is -0.303 e. The molecular weight excluding hydrogens is 146 g/mol. The predicted molar refractivity (Wildman–Crippen MR) is 54.3 cm³/mol. The smallest absolute Gasteiger partial charge is 0.000750 e. The molecule has 1 heterocycles. The van der Waals surface area contributed by atoms with E-state index in [1.165, 1.54) is 38.9 Å². The molecule has 0 amide bonds. The van der Waals surface area contributed by atoms with E-state index < -0.39 is 0 Å². The lowest BCUT2D eigenvalue weighted by molar-refractivity contribution is 0.297. The molecular formula is C11H23N. The summed E-state index contributed by atoms with van der Waals surface area (Å²) >= 11 is 0. The molecule has 0 saturated carbocycles. The molecule has 0 aromatic rings. The maximum absolute atomic E-state index is 2.62. The van der Waals surface area contributed by atoms with Gasteiger partial charge in [0.25, 0.3) is 0 Å². The largest absolute Gasteiger partial charge is 0.303 e. The number of rotatable bonds is 4. The fourth-order valence-corrected chi connectivity index (χ4v) is 1.84. The third kappa shape index (κ3) is 3.14. The summed E-state index contributed by atoms with van der Waals surface area (Å²) in [4.78, 5) is 2.62. The SMILES string of the molecule is CCC(C)CCN1CCC(C)C1. The van der Waals surface area contributed by atoms with Crippen LogP contribution in [-0.4, -0.2) is 24.5 Å². The van der Waals surface area contributed by atoms with Crippen molar-refractivity contribution in [2.75, 3.05) is 19.6 Å². The van der Waals surface area contributed by atoms with Crippen molar-refractivity contribution in [1.29, 1.82) is 0 Å². The Morgan fingerprint density at radius 1 is 1.50 bits per heavy atom. The molecule has 1 heteroatoms. The van der Waals surface area contributed by atoms with Gasteiger partial charge in [-0.2, -0.15) is 0 Å². The summed E-state index contributed by atoms with van der Waals surface area (Å²) in [5.41, 5.74) is 0. The second kappa shape index (κ2) is 4.86. The van der Waals surface area contributed by atoms with Gasteiger partial charge in [-0.05, 0) is 37.8 Å². The molecule has 0 aromatic heterocycles. The Morgan fingerprint density at radius 2 is 2.25 bits per heavy atom. The fourth-order valence-electron chi connectivity index (χ4n) is 1.84. The summed E-state index contributed by atoms with van der Waals surface area (Å²) in [6, 6.07) is 0. The molecule has 0 radical (unpaired) electrons. The Balaban J connectivity index is 2.07. The maximum atomic E-state index is 2.62. The molecule has 12 heavy (non-hydrogen) atoms. The Bertz CT molecular complexity index is 122. The molecule has 0 bridgehead atoms. The lowest BCUT2D eigenvalue weighted by Gasteiger charge is -2.17. The second-order valence-electron chi connectivity index (χ2n) is 4.50. The molecule has 1 fully saturated rings. The van der Waals surface area contributed by atoms with Gasteiger partial charge in [-0.15, -0.1) is 0 Å². The van der Waals surface area contributed by atoms with E-state index in [-0.39, 0.29) is 0 Å². The van der Waals surface area contributed by atoms with E-state index in [9.17, 15) is 0 Å². The normalized spacial score (nSPS) is 27.8. The van der Waals surface area contributed by atoms with Crippen LogP contribution in [0.5, 0.6) is 0 Å². The van der Waals surface area contributed by atoms with Gasteiger partial charge in [0.15, 0.2) is 0 Å². The average molecular weight is 169 g/mol. The van der Waals surface area contributed by atoms with Crippen molar-refractivity contribution in [2.24, 2.45) is 11.8 Å². The van der Waals surface area contributed by atoms with Gasteiger partial charge in [0.2, 0.25) is 0 Å². The van der Waals surface area contributed by atoms with E-state index in [1.807, 2.05) is 0 Å². The van der Waals surface area contributed by atoms with Gasteiger partial charge in [0.05, 0.1) is 0 Å². The molecule has 0 aromatic carbocycles. The van der Waals surface area contributed by atoms with E-state index >= 15 is 0 Å². The van der Waals surface area contributed by atoms with Crippen molar-refractivity contribution in [3.63, 3.8) is 0 Å². The highest BCUT2D eigenvalue weighted by Gasteiger charge is 2.18. The van der Waals surface area contributed by atoms with Crippen LogP contribution in [0.4, 0.5) is 0 Å². The van der Waals surface area contributed by atoms with Crippen LogP contribution in [0.2, 0.25) is 0 Å². The van der Waals surface area contributed by atoms with Crippen molar-refractivity contribution in [1.82, 2.24) is 4.90 Å². The van der Waals surface area contributed by atoms with Gasteiger partial charge in [-0.3, -0.25) is 0 Å². The Hall–Kier alpha value is -0.0400. The van der Waals surface area contributed by atoms with Gasteiger partial charge in [0, 0.05) is 6.54 Å². The summed E-state index contributed by atoms with van der Waals surface area (Å²) in [5.74, 6) is 1.86. The van der Waals surface area contributed by atoms with E-state index in [4.69, 9.17) is 0 Å². The second-order valence-corrected chi connectivity index (χ2v) is 4.50. The first-order valence-electron chi connectivity index (χ1n) is 5.44. The lowest BCUT2D eigenvalue weighted by atomic mass is 10.1. The summed E-state index contributed by atoms with van der Waals surface area (Å²) in [6.45, 7) is 11.0. The first-order chi connectivity index (χ1) is 5.72.